The van der Waals surface area contributed by atoms with Crippen molar-refractivity contribution in [2.45, 2.75) is 13.3 Å². The summed E-state index contributed by atoms with van der Waals surface area (Å²) in [5.41, 5.74) is 1.41. The molecule has 0 atom stereocenters. The second-order valence-electron chi connectivity index (χ2n) is 4.87. The number of carboxylic acid groups (broad SMARTS) is 1. The van der Waals surface area contributed by atoms with Crippen LogP contribution in [-0.2, 0) is 6.42 Å². The van der Waals surface area contributed by atoms with E-state index in [1.807, 2.05) is 6.92 Å². The number of imidazole rings is 1. The summed E-state index contributed by atoms with van der Waals surface area (Å²) in [4.78, 5) is 23.6. The maximum absolute atomic E-state index is 13.1. The van der Waals surface area contributed by atoms with E-state index in [1.165, 1.54) is 29.2 Å². The minimum absolute atomic E-state index is 0.0648. The Morgan fingerprint density at radius 3 is 2.61 bits per heavy atom. The molecule has 0 spiro atoms. The quantitative estimate of drug-likeness (QED) is 0.801. The molecule has 7 heteroatoms. The molecule has 0 radical (unpaired) electrons. The van der Waals surface area contributed by atoms with Crippen molar-refractivity contribution < 1.29 is 14.3 Å². The molecule has 0 aliphatic heterocycles. The van der Waals surface area contributed by atoms with Gasteiger partial charge in [-0.2, -0.15) is 0 Å². The molecule has 0 aliphatic carbocycles. The maximum atomic E-state index is 13.1. The lowest BCUT2D eigenvalue weighted by molar-refractivity contribution is 0.0691. The number of nitrogens with zero attached hydrogens (tertiary/aromatic N) is 4. The number of hydrogen-bond acceptors (Lipinski definition) is 4. The number of halogens is 1. The molecule has 0 saturated heterocycles. The molecule has 6 nitrogen and oxygen atoms in total. The fourth-order valence-corrected chi connectivity index (χ4v) is 2.08. The zero-order chi connectivity index (χ0) is 16.4. The van der Waals surface area contributed by atoms with Crippen LogP contribution < -0.4 is 0 Å². The molecule has 0 bridgehead atoms. The molecule has 0 fully saturated rings. The standard InChI is InChI=1S/C16H13FN4O2/c1-2-12-7-14(21-8-13(16(22)23)18-9-21)20-15(19-12)10-3-5-11(17)6-4-10/h3-9H,2H2,1H3,(H,22,23). The average Bonchev–Trinajstić information content (AvgIpc) is 3.05. The van der Waals surface area contributed by atoms with Gasteiger partial charge in [0.1, 0.15) is 18.0 Å². The van der Waals surface area contributed by atoms with E-state index in [4.69, 9.17) is 5.11 Å². The number of rotatable bonds is 4. The molecule has 1 aromatic carbocycles. The van der Waals surface area contributed by atoms with Gasteiger partial charge < -0.3 is 5.11 Å². The van der Waals surface area contributed by atoms with Gasteiger partial charge in [-0.25, -0.2) is 24.1 Å². The van der Waals surface area contributed by atoms with Crippen LogP contribution in [0.5, 0.6) is 0 Å². The largest absolute Gasteiger partial charge is 0.476 e. The summed E-state index contributed by atoms with van der Waals surface area (Å²) in [7, 11) is 0. The molecule has 0 unspecified atom stereocenters. The van der Waals surface area contributed by atoms with Crippen LogP contribution in [0.15, 0.2) is 42.9 Å². The van der Waals surface area contributed by atoms with E-state index >= 15 is 0 Å². The van der Waals surface area contributed by atoms with Gasteiger partial charge in [-0.05, 0) is 30.7 Å². The number of benzene rings is 1. The molecule has 1 N–H and O–H groups in total. The fraction of sp³-hybridized carbons (Fsp3) is 0.125. The number of aryl methyl sites for hydroxylation is 1. The Bertz CT molecular complexity index is 859. The molecular weight excluding hydrogens is 299 g/mol. The molecule has 0 amide bonds. The van der Waals surface area contributed by atoms with Gasteiger partial charge in [0.15, 0.2) is 11.5 Å². The minimum atomic E-state index is -1.10. The number of aromatic carboxylic acids is 1. The molecule has 3 rings (SSSR count). The Kier molecular flexibility index (Phi) is 3.84. The highest BCUT2D eigenvalue weighted by molar-refractivity contribution is 5.85. The van der Waals surface area contributed by atoms with Crippen LogP contribution in [0.25, 0.3) is 17.2 Å². The molecule has 2 heterocycles. The summed E-state index contributed by atoms with van der Waals surface area (Å²) >= 11 is 0. The zero-order valence-electron chi connectivity index (χ0n) is 12.3. The first-order valence-electron chi connectivity index (χ1n) is 6.98. The Hall–Kier alpha value is -3.09. The lowest BCUT2D eigenvalue weighted by atomic mass is 10.2. The van der Waals surface area contributed by atoms with Crippen molar-refractivity contribution in [3.8, 4) is 17.2 Å². The molecular formula is C16H13FN4O2. The van der Waals surface area contributed by atoms with Gasteiger partial charge in [0.05, 0.1) is 0 Å². The summed E-state index contributed by atoms with van der Waals surface area (Å²) < 4.78 is 14.6. The van der Waals surface area contributed by atoms with E-state index in [2.05, 4.69) is 15.0 Å². The van der Waals surface area contributed by atoms with Gasteiger partial charge in [0.2, 0.25) is 0 Å². The molecule has 3 aromatic rings. The Morgan fingerprint density at radius 1 is 1.26 bits per heavy atom. The van der Waals surface area contributed by atoms with Crippen LogP contribution in [-0.4, -0.2) is 30.6 Å². The molecule has 0 aliphatic rings. The highest BCUT2D eigenvalue weighted by atomic mass is 19.1. The molecule has 23 heavy (non-hydrogen) atoms. The van der Waals surface area contributed by atoms with Crippen LogP contribution in [0, 0.1) is 5.82 Å². The van der Waals surface area contributed by atoms with Crippen LogP contribution >= 0.6 is 0 Å². The van der Waals surface area contributed by atoms with E-state index < -0.39 is 5.97 Å². The zero-order valence-corrected chi connectivity index (χ0v) is 12.3. The average molecular weight is 312 g/mol. The topological polar surface area (TPSA) is 80.9 Å². The summed E-state index contributed by atoms with van der Waals surface area (Å²) in [6.45, 7) is 1.96. The third-order valence-electron chi connectivity index (χ3n) is 3.30. The predicted octanol–water partition coefficient (Wildman–Crippen LogP) is 2.73. The maximum Gasteiger partial charge on any atom is 0.356 e. The minimum Gasteiger partial charge on any atom is -0.476 e. The Morgan fingerprint density at radius 2 is 2.00 bits per heavy atom. The van der Waals surface area contributed by atoms with Gasteiger partial charge in [-0.3, -0.25) is 4.57 Å². The summed E-state index contributed by atoms with van der Waals surface area (Å²) in [6.07, 6.45) is 3.46. The van der Waals surface area contributed by atoms with E-state index in [0.717, 1.165) is 5.69 Å². The molecule has 2 aromatic heterocycles. The summed E-state index contributed by atoms with van der Waals surface area (Å²) in [5.74, 6) is -0.477. The Labute approximate surface area is 131 Å². The number of hydrogen-bond donors (Lipinski definition) is 1. The first-order valence-corrected chi connectivity index (χ1v) is 6.98. The second kappa shape index (κ2) is 5.96. The highest BCUT2D eigenvalue weighted by Crippen LogP contribution is 2.19. The lowest BCUT2D eigenvalue weighted by Crippen LogP contribution is -2.02. The van der Waals surface area contributed by atoms with Gasteiger partial charge in [-0.1, -0.05) is 6.92 Å². The van der Waals surface area contributed by atoms with Crippen molar-refractivity contribution in [1.82, 2.24) is 19.5 Å². The third-order valence-corrected chi connectivity index (χ3v) is 3.30. The van der Waals surface area contributed by atoms with Gasteiger partial charge in [0.25, 0.3) is 0 Å². The molecule has 0 saturated carbocycles. The van der Waals surface area contributed by atoms with Crippen molar-refractivity contribution >= 4 is 5.97 Å². The van der Waals surface area contributed by atoms with E-state index in [-0.39, 0.29) is 11.5 Å². The van der Waals surface area contributed by atoms with E-state index in [1.54, 1.807) is 18.2 Å². The fourth-order valence-electron chi connectivity index (χ4n) is 2.08. The predicted molar refractivity (Wildman–Crippen MR) is 80.9 cm³/mol. The Balaban J connectivity index is 2.08. The summed E-state index contributed by atoms with van der Waals surface area (Å²) in [6, 6.07) is 7.66. The van der Waals surface area contributed by atoms with E-state index in [9.17, 15) is 9.18 Å². The second-order valence-corrected chi connectivity index (χ2v) is 4.87. The normalized spacial score (nSPS) is 10.7. The number of carboxylic acids is 1. The highest BCUT2D eigenvalue weighted by Gasteiger charge is 2.11. The third kappa shape index (κ3) is 3.08. The van der Waals surface area contributed by atoms with Gasteiger partial charge >= 0.3 is 5.97 Å². The van der Waals surface area contributed by atoms with Crippen molar-refractivity contribution in [3.63, 3.8) is 0 Å². The summed E-state index contributed by atoms with van der Waals surface area (Å²) in [5, 5.41) is 8.96. The first-order chi connectivity index (χ1) is 11.1. The molecule has 116 valence electrons. The number of carbonyl (C=O) groups is 1. The SMILES string of the molecule is CCc1cc(-n2cnc(C(=O)O)c2)nc(-c2ccc(F)cc2)n1. The van der Waals surface area contributed by atoms with Crippen LogP contribution in [0.1, 0.15) is 23.1 Å². The monoisotopic (exact) mass is 312 g/mol. The lowest BCUT2D eigenvalue weighted by Gasteiger charge is -2.07. The van der Waals surface area contributed by atoms with Gasteiger partial charge in [0, 0.05) is 23.5 Å². The van der Waals surface area contributed by atoms with Crippen molar-refractivity contribution in [1.29, 1.82) is 0 Å². The van der Waals surface area contributed by atoms with Crippen LogP contribution in [0.4, 0.5) is 4.39 Å². The van der Waals surface area contributed by atoms with Crippen molar-refractivity contribution in [2.75, 3.05) is 0 Å². The van der Waals surface area contributed by atoms with Crippen LogP contribution in [0.2, 0.25) is 0 Å². The van der Waals surface area contributed by atoms with Crippen molar-refractivity contribution in [2.24, 2.45) is 0 Å². The first kappa shape index (κ1) is 14.8. The van der Waals surface area contributed by atoms with Crippen molar-refractivity contribution in [3.05, 3.63) is 60.1 Å². The van der Waals surface area contributed by atoms with Crippen LogP contribution in [0.3, 0.4) is 0 Å². The van der Waals surface area contributed by atoms with Gasteiger partial charge in [-0.15, -0.1) is 0 Å². The van der Waals surface area contributed by atoms with E-state index in [0.29, 0.717) is 23.6 Å². The number of aromatic nitrogens is 4. The smallest absolute Gasteiger partial charge is 0.356 e.